The molecular weight excluding hydrogens is 372 g/mol. The number of hydrogen-bond acceptors (Lipinski definition) is 2. The molecule has 2 N–H and O–H groups in total. The summed E-state index contributed by atoms with van der Waals surface area (Å²) in [6.45, 7) is 4.22. The molecule has 0 aliphatic heterocycles. The third kappa shape index (κ3) is 4.75. The summed E-state index contributed by atoms with van der Waals surface area (Å²) in [5.74, 6) is 6.00. The van der Waals surface area contributed by atoms with Gasteiger partial charge in [0.05, 0.1) is 6.61 Å². The van der Waals surface area contributed by atoms with Crippen LogP contribution in [0.2, 0.25) is 5.02 Å². The van der Waals surface area contributed by atoms with E-state index in [2.05, 4.69) is 27.8 Å². The molecule has 1 atom stereocenters. The number of carbonyl (C=O) groups excluding carboxylic acids is 1. The third-order valence-corrected chi connectivity index (χ3v) is 4.63. The molecule has 28 heavy (non-hydrogen) atoms. The Morgan fingerprint density at radius 3 is 2.79 bits per heavy atom. The zero-order valence-electron chi connectivity index (χ0n) is 16.0. The second kappa shape index (κ2) is 8.97. The second-order valence-corrected chi connectivity index (χ2v) is 7.24. The van der Waals surface area contributed by atoms with Crippen molar-refractivity contribution < 1.29 is 9.90 Å². The lowest BCUT2D eigenvalue weighted by Gasteiger charge is -2.17. The quantitative estimate of drug-likeness (QED) is 0.636. The molecule has 2 aromatic carbocycles. The summed E-state index contributed by atoms with van der Waals surface area (Å²) in [5, 5.41) is 13.6. The number of nitrogens with one attached hydrogen (secondary N) is 1. The number of amides is 1. The largest absolute Gasteiger partial charge is 0.395 e. The van der Waals surface area contributed by atoms with E-state index >= 15 is 0 Å². The molecule has 144 valence electrons. The predicted octanol–water partition coefficient (Wildman–Crippen LogP) is 4.22. The van der Waals surface area contributed by atoms with Crippen LogP contribution in [0.3, 0.4) is 0 Å². The predicted molar refractivity (Wildman–Crippen MR) is 114 cm³/mol. The monoisotopic (exact) mass is 394 g/mol. The Hall–Kier alpha value is -2.74. The summed E-state index contributed by atoms with van der Waals surface area (Å²) >= 11 is 6.21. The zero-order chi connectivity index (χ0) is 20.1. The van der Waals surface area contributed by atoms with Crippen LogP contribution in [0.15, 0.2) is 48.5 Å². The Morgan fingerprint density at radius 1 is 1.25 bits per heavy atom. The van der Waals surface area contributed by atoms with Crippen LogP contribution in [0.4, 0.5) is 0 Å². The van der Waals surface area contributed by atoms with Crippen LogP contribution in [0.25, 0.3) is 22.2 Å². The summed E-state index contributed by atoms with van der Waals surface area (Å²) < 4.78 is 2.20. The van der Waals surface area contributed by atoms with Crippen molar-refractivity contribution in [1.29, 1.82) is 0 Å². The summed E-state index contributed by atoms with van der Waals surface area (Å²) in [6, 6.07) is 15.9. The molecule has 4 nitrogen and oxygen atoms in total. The molecule has 0 aliphatic rings. The van der Waals surface area contributed by atoms with Gasteiger partial charge in [0.1, 0.15) is 0 Å². The third-order valence-electron chi connectivity index (χ3n) is 4.40. The van der Waals surface area contributed by atoms with E-state index in [4.69, 9.17) is 16.7 Å². The molecule has 0 bridgehead atoms. The maximum absolute atomic E-state index is 11.4. The van der Waals surface area contributed by atoms with E-state index in [9.17, 15) is 4.79 Å². The number of halogens is 1. The fourth-order valence-electron chi connectivity index (χ4n) is 3.32. The number of aliphatic hydroxyl groups is 1. The van der Waals surface area contributed by atoms with Crippen LogP contribution in [-0.4, -0.2) is 28.2 Å². The normalized spacial score (nSPS) is 11.7. The van der Waals surface area contributed by atoms with E-state index in [0.29, 0.717) is 18.0 Å². The number of carbonyl (C=O) groups is 1. The number of benzene rings is 2. The van der Waals surface area contributed by atoms with Crippen molar-refractivity contribution in [2.24, 2.45) is 0 Å². The molecule has 5 heteroatoms. The van der Waals surface area contributed by atoms with Gasteiger partial charge in [0.15, 0.2) is 0 Å². The Morgan fingerprint density at radius 2 is 2.07 bits per heavy atom. The summed E-state index contributed by atoms with van der Waals surface area (Å²) in [7, 11) is 0. The Balaban J connectivity index is 2.09. The summed E-state index contributed by atoms with van der Waals surface area (Å²) in [6.07, 6.45) is 0.459. The van der Waals surface area contributed by atoms with Crippen LogP contribution in [0, 0.1) is 11.8 Å². The first-order valence-electron chi connectivity index (χ1n) is 9.24. The van der Waals surface area contributed by atoms with Gasteiger partial charge in [0.2, 0.25) is 5.91 Å². The average molecular weight is 395 g/mol. The maximum atomic E-state index is 11.4. The minimum atomic E-state index is -0.0466. The van der Waals surface area contributed by atoms with E-state index in [1.807, 2.05) is 49.4 Å². The lowest BCUT2D eigenvalue weighted by molar-refractivity contribution is -0.119. The number of aromatic nitrogens is 1. The molecule has 0 radical (unpaired) electrons. The Kier molecular flexibility index (Phi) is 6.41. The summed E-state index contributed by atoms with van der Waals surface area (Å²) in [4.78, 5) is 11.4. The minimum Gasteiger partial charge on any atom is -0.395 e. The highest BCUT2D eigenvalue weighted by Crippen LogP contribution is 2.30. The number of nitrogens with zero attached hydrogens (tertiary/aromatic N) is 1. The second-order valence-electron chi connectivity index (χ2n) is 6.80. The van der Waals surface area contributed by atoms with Crippen LogP contribution in [-0.2, 0) is 11.3 Å². The molecule has 1 amide bonds. The van der Waals surface area contributed by atoms with E-state index in [-0.39, 0.29) is 18.6 Å². The fraction of sp³-hybridized carbons (Fsp3) is 0.261. The fourth-order valence-corrected chi connectivity index (χ4v) is 3.51. The molecule has 1 aromatic heterocycles. The van der Waals surface area contributed by atoms with Crippen molar-refractivity contribution >= 4 is 28.4 Å². The molecular formula is C23H23ClN2O2. The van der Waals surface area contributed by atoms with E-state index in [1.54, 1.807) is 0 Å². The number of rotatable bonds is 5. The van der Waals surface area contributed by atoms with Gasteiger partial charge in [-0.05, 0) is 48.9 Å². The van der Waals surface area contributed by atoms with Gasteiger partial charge in [0, 0.05) is 53.1 Å². The molecule has 1 unspecified atom stereocenters. The molecule has 0 saturated heterocycles. The van der Waals surface area contributed by atoms with Crippen molar-refractivity contribution in [3.8, 4) is 23.1 Å². The van der Waals surface area contributed by atoms with Crippen molar-refractivity contribution in [1.82, 2.24) is 9.88 Å². The van der Waals surface area contributed by atoms with Gasteiger partial charge < -0.3 is 15.0 Å². The summed E-state index contributed by atoms with van der Waals surface area (Å²) in [5.41, 5.74) is 4.03. The Labute approximate surface area is 170 Å². The Bertz CT molecular complexity index is 1060. The van der Waals surface area contributed by atoms with Gasteiger partial charge in [0.25, 0.3) is 0 Å². The minimum absolute atomic E-state index is 0.0185. The smallest absolute Gasteiger partial charge is 0.217 e. The van der Waals surface area contributed by atoms with E-state index in [1.165, 1.54) is 6.92 Å². The van der Waals surface area contributed by atoms with Crippen molar-refractivity contribution in [2.45, 2.75) is 32.9 Å². The lowest BCUT2D eigenvalue weighted by atomic mass is 10.1. The number of hydrogen-bond donors (Lipinski definition) is 2. The molecule has 3 aromatic rings. The van der Waals surface area contributed by atoms with Crippen LogP contribution in [0.5, 0.6) is 0 Å². The molecule has 0 saturated carbocycles. The molecule has 0 aliphatic carbocycles. The SMILES string of the molecule is CC(=O)NC(C)Cn1c(-c2cccc(Cl)c2)cc2cc(C#CCCO)ccc21. The standard InChI is InChI=1S/C23H23ClN2O2/c1-16(25-17(2)28)15-26-22-10-9-18(6-3-4-11-27)12-20(22)14-23(26)19-7-5-8-21(24)13-19/h5,7-10,12-14,16,27H,4,11,15H2,1-2H3,(H,25,28). The molecule has 3 rings (SSSR count). The first-order chi connectivity index (χ1) is 13.5. The van der Waals surface area contributed by atoms with Gasteiger partial charge >= 0.3 is 0 Å². The average Bonchev–Trinajstić information content (AvgIpc) is 2.99. The molecule has 0 spiro atoms. The van der Waals surface area contributed by atoms with Gasteiger partial charge in [-0.25, -0.2) is 0 Å². The van der Waals surface area contributed by atoms with Crippen LogP contribution >= 0.6 is 11.6 Å². The number of fused-ring (bicyclic) bond motifs is 1. The van der Waals surface area contributed by atoms with Crippen molar-refractivity contribution in [3.05, 3.63) is 59.1 Å². The first-order valence-corrected chi connectivity index (χ1v) is 9.62. The molecule has 1 heterocycles. The van der Waals surface area contributed by atoms with Gasteiger partial charge in [-0.3, -0.25) is 4.79 Å². The topological polar surface area (TPSA) is 54.3 Å². The van der Waals surface area contributed by atoms with Crippen molar-refractivity contribution in [2.75, 3.05) is 6.61 Å². The van der Waals surface area contributed by atoms with Gasteiger partial charge in [-0.1, -0.05) is 35.6 Å². The van der Waals surface area contributed by atoms with Crippen LogP contribution in [0.1, 0.15) is 25.8 Å². The van der Waals surface area contributed by atoms with Crippen molar-refractivity contribution in [3.63, 3.8) is 0 Å². The highest BCUT2D eigenvalue weighted by atomic mass is 35.5. The van der Waals surface area contributed by atoms with E-state index in [0.717, 1.165) is 27.7 Å². The highest BCUT2D eigenvalue weighted by Gasteiger charge is 2.14. The highest BCUT2D eigenvalue weighted by molar-refractivity contribution is 6.30. The molecule has 0 fully saturated rings. The van der Waals surface area contributed by atoms with Gasteiger partial charge in [-0.15, -0.1) is 0 Å². The van der Waals surface area contributed by atoms with Crippen LogP contribution < -0.4 is 5.32 Å². The van der Waals surface area contributed by atoms with E-state index < -0.39 is 0 Å². The zero-order valence-corrected chi connectivity index (χ0v) is 16.8. The van der Waals surface area contributed by atoms with Gasteiger partial charge in [-0.2, -0.15) is 0 Å². The first kappa shape index (κ1) is 20.0. The number of aliphatic hydroxyl groups excluding tert-OH is 1. The maximum Gasteiger partial charge on any atom is 0.217 e. The lowest BCUT2D eigenvalue weighted by Crippen LogP contribution is -2.34.